The summed E-state index contributed by atoms with van der Waals surface area (Å²) < 4.78 is 0.703. The Labute approximate surface area is 90.1 Å². The van der Waals surface area contributed by atoms with E-state index in [9.17, 15) is 4.79 Å². The molecule has 0 aliphatic carbocycles. The first-order valence-corrected chi connectivity index (χ1v) is 4.33. The second-order valence-corrected chi connectivity index (χ2v) is 3.32. The fourth-order valence-corrected chi connectivity index (χ4v) is 1.33. The van der Waals surface area contributed by atoms with Crippen molar-refractivity contribution in [3.8, 4) is 0 Å². The number of hydrogen-bond donors (Lipinski definition) is 1. The van der Waals surface area contributed by atoms with E-state index >= 15 is 0 Å². The van der Waals surface area contributed by atoms with Gasteiger partial charge in [0, 0.05) is 11.8 Å². The highest BCUT2D eigenvalue weighted by molar-refractivity contribution is 6.46. The third-order valence-corrected chi connectivity index (χ3v) is 2.49. The average Bonchev–Trinajstić information content (AvgIpc) is 2.08. The van der Waals surface area contributed by atoms with Crippen LogP contribution in [-0.2, 0) is 0 Å². The summed E-state index contributed by atoms with van der Waals surface area (Å²) in [5, 5.41) is 0.504. The summed E-state index contributed by atoms with van der Waals surface area (Å²) in [7, 11) is 0. The molecule has 0 radical (unpaired) electrons. The summed E-state index contributed by atoms with van der Waals surface area (Å²) in [6.45, 7) is 0. The van der Waals surface area contributed by atoms with Gasteiger partial charge in [-0.05, 0) is 12.1 Å². The fourth-order valence-electron chi connectivity index (χ4n) is 0.763. The standard InChI is InChI=1S/C7H5Cl3N2O/c8-4-2-1-3-5(6(4)9)12(10)7(11)13/h1-3H,(H2,11,13). The Morgan fingerprint density at radius 2 is 2.00 bits per heavy atom. The molecule has 0 heterocycles. The predicted molar refractivity (Wildman–Crippen MR) is 54.4 cm³/mol. The Kier molecular flexibility index (Phi) is 3.25. The molecule has 0 bridgehead atoms. The lowest BCUT2D eigenvalue weighted by Gasteiger charge is -2.12. The van der Waals surface area contributed by atoms with E-state index in [1.165, 1.54) is 6.07 Å². The van der Waals surface area contributed by atoms with Crippen LogP contribution in [0.4, 0.5) is 10.5 Å². The molecule has 0 saturated heterocycles. The minimum Gasteiger partial charge on any atom is -0.350 e. The molecule has 1 rings (SSSR count). The van der Waals surface area contributed by atoms with Crippen molar-refractivity contribution in [1.29, 1.82) is 0 Å². The van der Waals surface area contributed by atoms with Crippen LogP contribution in [0, 0.1) is 0 Å². The number of benzene rings is 1. The highest BCUT2D eigenvalue weighted by Crippen LogP contribution is 2.33. The second kappa shape index (κ2) is 4.05. The first-order chi connectivity index (χ1) is 6.04. The van der Waals surface area contributed by atoms with Gasteiger partial charge in [0.05, 0.1) is 15.7 Å². The topological polar surface area (TPSA) is 46.3 Å². The Morgan fingerprint density at radius 1 is 1.38 bits per heavy atom. The summed E-state index contributed by atoms with van der Waals surface area (Å²) >= 11 is 17.0. The van der Waals surface area contributed by atoms with Crippen molar-refractivity contribution in [2.75, 3.05) is 4.42 Å². The van der Waals surface area contributed by atoms with E-state index < -0.39 is 6.03 Å². The number of hydrogen-bond acceptors (Lipinski definition) is 1. The molecular weight excluding hydrogens is 234 g/mol. The Bertz CT molecular complexity index is 343. The van der Waals surface area contributed by atoms with Crippen LogP contribution in [0.1, 0.15) is 0 Å². The predicted octanol–water partition coefficient (Wildman–Crippen LogP) is 3.03. The van der Waals surface area contributed by atoms with E-state index in [4.69, 9.17) is 40.7 Å². The molecule has 0 aliphatic rings. The van der Waals surface area contributed by atoms with E-state index in [0.29, 0.717) is 9.44 Å². The van der Waals surface area contributed by atoms with Crippen LogP contribution in [-0.4, -0.2) is 6.03 Å². The molecular formula is C7H5Cl3N2O. The Morgan fingerprint density at radius 3 is 2.54 bits per heavy atom. The largest absolute Gasteiger partial charge is 0.350 e. The molecule has 2 N–H and O–H groups in total. The maximum atomic E-state index is 10.7. The molecule has 0 saturated carbocycles. The van der Waals surface area contributed by atoms with Crippen molar-refractivity contribution < 1.29 is 4.79 Å². The molecule has 3 nitrogen and oxygen atoms in total. The molecule has 0 aliphatic heterocycles. The molecule has 2 amide bonds. The first kappa shape index (κ1) is 10.4. The van der Waals surface area contributed by atoms with Crippen molar-refractivity contribution in [2.45, 2.75) is 0 Å². The number of amides is 2. The van der Waals surface area contributed by atoms with Crippen LogP contribution in [0.3, 0.4) is 0 Å². The zero-order valence-corrected chi connectivity index (χ0v) is 8.57. The van der Waals surface area contributed by atoms with E-state index in [1.807, 2.05) is 0 Å². The van der Waals surface area contributed by atoms with Gasteiger partial charge in [-0.3, -0.25) is 0 Å². The Balaban J connectivity index is 3.15. The van der Waals surface area contributed by atoms with Gasteiger partial charge in [-0.1, -0.05) is 29.3 Å². The maximum absolute atomic E-state index is 10.7. The zero-order chi connectivity index (χ0) is 10.0. The van der Waals surface area contributed by atoms with Crippen LogP contribution in [0.25, 0.3) is 0 Å². The van der Waals surface area contributed by atoms with Crippen molar-refractivity contribution in [3.05, 3.63) is 28.2 Å². The van der Waals surface area contributed by atoms with Gasteiger partial charge in [0.2, 0.25) is 0 Å². The number of carbonyl (C=O) groups excluding carboxylic acids is 1. The van der Waals surface area contributed by atoms with Crippen LogP contribution in [0.2, 0.25) is 10.0 Å². The lowest BCUT2D eigenvalue weighted by atomic mass is 10.3. The SMILES string of the molecule is NC(=O)N(Cl)c1cccc(Cl)c1Cl. The minimum absolute atomic E-state index is 0.193. The molecule has 0 unspecified atom stereocenters. The molecule has 0 atom stereocenters. The first-order valence-electron chi connectivity index (χ1n) is 3.23. The molecule has 1 aromatic rings. The molecule has 6 heteroatoms. The number of nitrogens with zero attached hydrogens (tertiary/aromatic N) is 1. The van der Waals surface area contributed by atoms with E-state index in [2.05, 4.69) is 0 Å². The summed E-state index contributed by atoms with van der Waals surface area (Å²) in [4.78, 5) is 10.7. The average molecular weight is 239 g/mol. The van der Waals surface area contributed by atoms with Gasteiger partial charge in [0.25, 0.3) is 0 Å². The van der Waals surface area contributed by atoms with Gasteiger partial charge in [-0.25, -0.2) is 9.21 Å². The number of anilines is 1. The van der Waals surface area contributed by atoms with E-state index in [1.54, 1.807) is 12.1 Å². The highest BCUT2D eigenvalue weighted by Gasteiger charge is 2.14. The number of nitrogens with two attached hydrogens (primary N) is 1. The van der Waals surface area contributed by atoms with Gasteiger partial charge >= 0.3 is 6.03 Å². The number of urea groups is 1. The monoisotopic (exact) mass is 238 g/mol. The lowest BCUT2D eigenvalue weighted by molar-refractivity contribution is 0.257. The molecule has 0 fully saturated rings. The van der Waals surface area contributed by atoms with Crippen LogP contribution in [0.15, 0.2) is 18.2 Å². The van der Waals surface area contributed by atoms with E-state index in [0.717, 1.165) is 0 Å². The van der Waals surface area contributed by atoms with Gasteiger partial charge < -0.3 is 5.73 Å². The van der Waals surface area contributed by atoms with Gasteiger partial charge in [-0.15, -0.1) is 0 Å². The summed E-state index contributed by atoms with van der Waals surface area (Å²) in [6, 6.07) is 3.92. The minimum atomic E-state index is -0.814. The molecule has 70 valence electrons. The Hall–Kier alpha value is -0.640. The molecule has 13 heavy (non-hydrogen) atoms. The lowest BCUT2D eigenvalue weighted by Crippen LogP contribution is -2.27. The number of primary amides is 1. The van der Waals surface area contributed by atoms with Crippen molar-refractivity contribution in [2.24, 2.45) is 5.73 Å². The maximum Gasteiger partial charge on any atom is 0.334 e. The molecule has 1 aromatic carbocycles. The zero-order valence-electron chi connectivity index (χ0n) is 6.30. The van der Waals surface area contributed by atoms with E-state index in [-0.39, 0.29) is 10.7 Å². The summed E-state index contributed by atoms with van der Waals surface area (Å²) in [5.41, 5.74) is 5.21. The smallest absolute Gasteiger partial charge is 0.334 e. The molecule has 0 spiro atoms. The van der Waals surface area contributed by atoms with Crippen molar-refractivity contribution in [3.63, 3.8) is 0 Å². The van der Waals surface area contributed by atoms with Crippen LogP contribution >= 0.6 is 35.0 Å². The van der Waals surface area contributed by atoms with Crippen molar-refractivity contribution >= 4 is 46.7 Å². The van der Waals surface area contributed by atoms with Crippen LogP contribution in [0.5, 0.6) is 0 Å². The quantitative estimate of drug-likeness (QED) is 0.752. The van der Waals surface area contributed by atoms with Crippen LogP contribution < -0.4 is 10.2 Å². The third kappa shape index (κ3) is 2.18. The fraction of sp³-hybridized carbons (Fsp3) is 0. The molecule has 0 aromatic heterocycles. The summed E-state index contributed by atoms with van der Waals surface area (Å²) in [5.74, 6) is 0. The normalized spacial score (nSPS) is 9.77. The second-order valence-electron chi connectivity index (χ2n) is 2.19. The highest BCUT2D eigenvalue weighted by atomic mass is 35.5. The number of carbonyl (C=O) groups is 1. The van der Waals surface area contributed by atoms with Crippen molar-refractivity contribution in [1.82, 2.24) is 0 Å². The summed E-state index contributed by atoms with van der Waals surface area (Å²) in [6.07, 6.45) is 0. The number of rotatable bonds is 1. The number of halogens is 3. The third-order valence-electron chi connectivity index (χ3n) is 1.34. The van der Waals surface area contributed by atoms with Gasteiger partial charge in [-0.2, -0.15) is 0 Å². The van der Waals surface area contributed by atoms with Gasteiger partial charge in [0.1, 0.15) is 0 Å². The van der Waals surface area contributed by atoms with Gasteiger partial charge in [0.15, 0.2) is 0 Å².